The zero-order valence-electron chi connectivity index (χ0n) is 16.6. The van der Waals surface area contributed by atoms with Gasteiger partial charge in [-0.2, -0.15) is 0 Å². The molecule has 1 aromatic rings. The van der Waals surface area contributed by atoms with Crippen LogP contribution in [0.25, 0.3) is 0 Å². The van der Waals surface area contributed by atoms with Crippen LogP contribution < -0.4 is 11.1 Å². The van der Waals surface area contributed by atoms with Crippen LogP contribution in [0, 0.1) is 24.7 Å². The second-order valence-corrected chi connectivity index (χ2v) is 8.66. The summed E-state index contributed by atoms with van der Waals surface area (Å²) >= 11 is 0. The maximum atomic E-state index is 13.0. The van der Waals surface area contributed by atoms with Gasteiger partial charge in [0.15, 0.2) is 0 Å². The third-order valence-corrected chi connectivity index (χ3v) is 7.01. The fourth-order valence-electron chi connectivity index (χ4n) is 5.38. The molecule has 7 heteroatoms. The molecule has 1 aliphatic heterocycles. The van der Waals surface area contributed by atoms with Gasteiger partial charge in [0.2, 0.25) is 5.91 Å². The fraction of sp³-hybridized carbons (Fsp3) is 0.714. The van der Waals surface area contributed by atoms with E-state index < -0.39 is 0 Å². The van der Waals surface area contributed by atoms with Crippen LogP contribution in [0.1, 0.15) is 61.1 Å². The van der Waals surface area contributed by atoms with Gasteiger partial charge in [-0.05, 0) is 63.4 Å². The van der Waals surface area contributed by atoms with Crippen molar-refractivity contribution in [1.29, 1.82) is 0 Å². The van der Waals surface area contributed by atoms with E-state index in [-0.39, 0.29) is 30.3 Å². The molecule has 2 atom stereocenters. The topological polar surface area (TPSA) is 88.6 Å². The van der Waals surface area contributed by atoms with Gasteiger partial charge in [-0.25, -0.2) is 0 Å². The molecule has 28 heavy (non-hydrogen) atoms. The van der Waals surface area contributed by atoms with Crippen molar-refractivity contribution in [2.45, 2.75) is 64.0 Å². The summed E-state index contributed by atoms with van der Waals surface area (Å²) in [6.07, 6.45) is 8.73. The number of nitrogens with one attached hydrogen (secondary N) is 1. The Kier molecular flexibility index (Phi) is 6.71. The molecule has 2 aliphatic carbocycles. The van der Waals surface area contributed by atoms with Crippen molar-refractivity contribution in [2.75, 3.05) is 13.1 Å². The van der Waals surface area contributed by atoms with E-state index in [1.807, 2.05) is 4.90 Å². The van der Waals surface area contributed by atoms with Gasteiger partial charge < -0.3 is 20.4 Å². The molecule has 2 bridgehead atoms. The summed E-state index contributed by atoms with van der Waals surface area (Å²) in [5.74, 6) is 2.08. The molecule has 4 rings (SSSR count). The van der Waals surface area contributed by atoms with Crippen LogP contribution in [0.3, 0.4) is 0 Å². The van der Waals surface area contributed by atoms with Crippen LogP contribution in [0.15, 0.2) is 16.7 Å². The van der Waals surface area contributed by atoms with Crippen molar-refractivity contribution in [3.63, 3.8) is 0 Å². The first kappa shape index (κ1) is 21.2. The molecule has 2 unspecified atom stereocenters. The molecule has 156 valence electrons. The minimum Gasteiger partial charge on any atom is -0.469 e. The van der Waals surface area contributed by atoms with E-state index in [0.717, 1.165) is 38.8 Å². The van der Waals surface area contributed by atoms with E-state index in [2.05, 4.69) is 5.32 Å². The number of hydrogen-bond acceptors (Lipinski definition) is 4. The van der Waals surface area contributed by atoms with Gasteiger partial charge >= 0.3 is 0 Å². The van der Waals surface area contributed by atoms with E-state index in [1.165, 1.54) is 25.5 Å². The summed E-state index contributed by atoms with van der Waals surface area (Å²) < 4.78 is 5.21. The smallest absolute Gasteiger partial charge is 0.255 e. The lowest BCUT2D eigenvalue weighted by atomic mass is 9.65. The lowest BCUT2D eigenvalue weighted by Gasteiger charge is -2.45. The second-order valence-electron chi connectivity index (χ2n) is 8.66. The number of amides is 2. The van der Waals surface area contributed by atoms with Gasteiger partial charge in [-0.15, -0.1) is 12.4 Å². The number of fused-ring (bicyclic) bond motifs is 2. The Morgan fingerprint density at radius 1 is 1.14 bits per heavy atom. The zero-order valence-corrected chi connectivity index (χ0v) is 17.4. The third kappa shape index (κ3) is 4.23. The quantitative estimate of drug-likeness (QED) is 0.803. The standard InChI is InChI=1S/C21H31N3O3.ClH/c1-13-18(7-10-27-13)20(25)23-17-5-8-24(9-6-17)21(26)16-11-14-3-2-4-15(12-16)19(14)22;/h7,10,14-17,19H,2-6,8-9,11-12,22H2,1H3,(H,23,25);1H. The number of furan rings is 1. The lowest BCUT2D eigenvalue weighted by Crippen LogP contribution is -2.52. The summed E-state index contributed by atoms with van der Waals surface area (Å²) in [4.78, 5) is 27.4. The van der Waals surface area contributed by atoms with Crippen LogP contribution in [-0.4, -0.2) is 41.9 Å². The first-order chi connectivity index (χ1) is 13.0. The van der Waals surface area contributed by atoms with Crippen LogP contribution in [0.5, 0.6) is 0 Å². The Morgan fingerprint density at radius 3 is 2.36 bits per heavy atom. The Morgan fingerprint density at radius 2 is 1.79 bits per heavy atom. The molecule has 6 nitrogen and oxygen atoms in total. The van der Waals surface area contributed by atoms with Crippen molar-refractivity contribution >= 4 is 24.2 Å². The number of rotatable bonds is 3. The zero-order chi connectivity index (χ0) is 19.0. The Hall–Kier alpha value is -1.53. The molecule has 3 aliphatic rings. The van der Waals surface area contributed by atoms with Gasteiger partial charge in [0, 0.05) is 31.1 Å². The second kappa shape index (κ2) is 8.87. The average molecular weight is 410 g/mol. The molecule has 2 saturated carbocycles. The number of likely N-dealkylation sites (tertiary alicyclic amines) is 1. The van der Waals surface area contributed by atoms with Gasteiger partial charge in [0.25, 0.3) is 5.91 Å². The number of aryl methyl sites for hydroxylation is 1. The van der Waals surface area contributed by atoms with E-state index in [0.29, 0.717) is 35.1 Å². The van der Waals surface area contributed by atoms with Gasteiger partial charge in [-0.1, -0.05) is 6.42 Å². The summed E-state index contributed by atoms with van der Waals surface area (Å²) in [5, 5.41) is 3.09. The molecule has 0 spiro atoms. The monoisotopic (exact) mass is 409 g/mol. The average Bonchev–Trinajstić information content (AvgIpc) is 3.08. The van der Waals surface area contributed by atoms with Crippen molar-refractivity contribution in [3.05, 3.63) is 23.7 Å². The summed E-state index contributed by atoms with van der Waals surface area (Å²) in [6.45, 7) is 3.25. The van der Waals surface area contributed by atoms with E-state index in [1.54, 1.807) is 13.0 Å². The number of nitrogens with zero attached hydrogens (tertiary/aromatic N) is 1. The van der Waals surface area contributed by atoms with Crippen molar-refractivity contribution < 1.29 is 14.0 Å². The van der Waals surface area contributed by atoms with Gasteiger partial charge in [0.1, 0.15) is 5.76 Å². The number of piperidine rings is 1. The summed E-state index contributed by atoms with van der Waals surface area (Å²) in [5.41, 5.74) is 6.96. The number of nitrogens with two attached hydrogens (primary N) is 1. The highest BCUT2D eigenvalue weighted by Crippen LogP contribution is 2.42. The predicted octanol–water partition coefficient (Wildman–Crippen LogP) is 2.88. The molecular weight excluding hydrogens is 378 g/mol. The van der Waals surface area contributed by atoms with E-state index in [9.17, 15) is 9.59 Å². The Labute approximate surface area is 173 Å². The molecule has 1 aromatic heterocycles. The summed E-state index contributed by atoms with van der Waals surface area (Å²) in [7, 11) is 0. The maximum absolute atomic E-state index is 13.0. The van der Waals surface area contributed by atoms with Crippen LogP contribution in [-0.2, 0) is 4.79 Å². The normalized spacial score (nSPS) is 30.4. The molecule has 0 radical (unpaired) electrons. The van der Waals surface area contributed by atoms with Crippen LogP contribution >= 0.6 is 12.4 Å². The molecule has 2 heterocycles. The molecule has 3 fully saturated rings. The van der Waals surface area contributed by atoms with Gasteiger partial charge in [0.05, 0.1) is 11.8 Å². The number of carbonyl (C=O) groups is 2. The molecule has 3 N–H and O–H groups in total. The maximum Gasteiger partial charge on any atom is 0.255 e. The number of hydrogen-bond donors (Lipinski definition) is 2. The minimum absolute atomic E-state index is 0. The first-order valence-electron chi connectivity index (χ1n) is 10.4. The SMILES string of the molecule is Cc1occc1C(=O)NC1CCN(C(=O)C2CC3CCCC(C2)C3N)CC1.Cl. The highest BCUT2D eigenvalue weighted by molar-refractivity contribution is 5.95. The minimum atomic E-state index is -0.0832. The lowest BCUT2D eigenvalue weighted by molar-refractivity contribution is -0.139. The van der Waals surface area contributed by atoms with Gasteiger partial charge in [-0.3, -0.25) is 9.59 Å². The molecule has 0 aromatic carbocycles. The molecule has 2 amide bonds. The van der Waals surface area contributed by atoms with Crippen LogP contribution in [0.4, 0.5) is 0 Å². The predicted molar refractivity (Wildman–Crippen MR) is 109 cm³/mol. The molecule has 1 saturated heterocycles. The first-order valence-corrected chi connectivity index (χ1v) is 10.4. The van der Waals surface area contributed by atoms with Crippen molar-refractivity contribution in [1.82, 2.24) is 10.2 Å². The van der Waals surface area contributed by atoms with Crippen LogP contribution in [0.2, 0.25) is 0 Å². The van der Waals surface area contributed by atoms with Crippen molar-refractivity contribution in [2.24, 2.45) is 23.5 Å². The number of halogens is 1. The molecular formula is C21H32ClN3O3. The van der Waals surface area contributed by atoms with E-state index in [4.69, 9.17) is 10.2 Å². The van der Waals surface area contributed by atoms with Crippen molar-refractivity contribution in [3.8, 4) is 0 Å². The Bertz CT molecular complexity index is 685. The highest BCUT2D eigenvalue weighted by atomic mass is 35.5. The largest absolute Gasteiger partial charge is 0.469 e. The van der Waals surface area contributed by atoms with E-state index >= 15 is 0 Å². The number of carbonyl (C=O) groups excluding carboxylic acids is 2. The summed E-state index contributed by atoms with van der Waals surface area (Å²) in [6, 6.07) is 2.12. The highest BCUT2D eigenvalue weighted by Gasteiger charge is 2.42. The Balaban J connectivity index is 0.00000225. The third-order valence-electron chi connectivity index (χ3n) is 7.01. The fourth-order valence-corrected chi connectivity index (χ4v) is 5.38.